The van der Waals surface area contributed by atoms with E-state index in [0.717, 1.165) is 40.5 Å². The van der Waals surface area contributed by atoms with E-state index in [4.69, 9.17) is 11.6 Å². The summed E-state index contributed by atoms with van der Waals surface area (Å²) >= 11 is 9.43. The van der Waals surface area contributed by atoms with Gasteiger partial charge in [0.05, 0.1) is 20.8 Å². The highest BCUT2D eigenvalue weighted by atomic mass is 35.5. The fourth-order valence-electron chi connectivity index (χ4n) is 2.87. The number of likely N-dealkylation sites (tertiary alicyclic amines) is 1. The van der Waals surface area contributed by atoms with Gasteiger partial charge in [0.2, 0.25) is 0 Å². The van der Waals surface area contributed by atoms with E-state index in [-0.39, 0.29) is 5.91 Å². The van der Waals surface area contributed by atoms with Crippen molar-refractivity contribution in [1.29, 1.82) is 0 Å². The molecular weight excluding hydrogens is 374 g/mol. The minimum Gasteiger partial charge on any atom is -0.339 e. The summed E-state index contributed by atoms with van der Waals surface area (Å²) in [7, 11) is 0. The van der Waals surface area contributed by atoms with E-state index in [1.807, 2.05) is 29.2 Å². The number of amides is 1. The highest BCUT2D eigenvalue weighted by molar-refractivity contribution is 8.01. The lowest BCUT2D eigenvalue weighted by atomic mass is 10.1. The van der Waals surface area contributed by atoms with E-state index in [9.17, 15) is 4.79 Å². The van der Waals surface area contributed by atoms with Crippen molar-refractivity contribution in [2.45, 2.75) is 28.6 Å². The second kappa shape index (κ2) is 7.32. The number of aromatic nitrogens is 2. The number of thiazole rings is 1. The number of para-hydroxylation sites is 1. The molecule has 1 fully saturated rings. The first kappa shape index (κ1) is 16.8. The molecule has 0 aliphatic carbocycles. The third-order valence-electron chi connectivity index (χ3n) is 4.16. The van der Waals surface area contributed by atoms with Gasteiger partial charge in [-0.25, -0.2) is 9.97 Å². The van der Waals surface area contributed by atoms with Gasteiger partial charge in [-0.15, -0.1) is 11.3 Å². The first-order valence-corrected chi connectivity index (χ1v) is 10.2. The zero-order valence-electron chi connectivity index (χ0n) is 13.4. The topological polar surface area (TPSA) is 46.1 Å². The number of rotatable bonds is 3. The third kappa shape index (κ3) is 3.66. The highest BCUT2D eigenvalue weighted by Crippen LogP contribution is 2.36. The Morgan fingerprint density at radius 2 is 2.00 bits per heavy atom. The molecule has 3 aromatic rings. The van der Waals surface area contributed by atoms with E-state index in [1.54, 1.807) is 23.6 Å². The Balaban J connectivity index is 1.54. The van der Waals surface area contributed by atoms with Gasteiger partial charge in [-0.2, -0.15) is 0 Å². The molecule has 0 atom stereocenters. The molecule has 0 spiro atoms. The quantitative estimate of drug-likeness (QED) is 0.623. The smallest absolute Gasteiger partial charge is 0.255 e. The van der Waals surface area contributed by atoms with E-state index < -0.39 is 0 Å². The summed E-state index contributed by atoms with van der Waals surface area (Å²) in [6.07, 6.45) is 4.95. The fourth-order valence-corrected chi connectivity index (χ4v) is 5.10. The summed E-state index contributed by atoms with van der Waals surface area (Å²) < 4.78 is 2.03. The van der Waals surface area contributed by atoms with Gasteiger partial charge in [0.25, 0.3) is 5.91 Å². The van der Waals surface area contributed by atoms with Gasteiger partial charge in [0.15, 0.2) is 4.34 Å². The number of carbonyl (C=O) groups excluding carboxylic acids is 1. The van der Waals surface area contributed by atoms with Crippen LogP contribution in [-0.4, -0.2) is 33.9 Å². The van der Waals surface area contributed by atoms with Crippen LogP contribution in [0.1, 0.15) is 29.6 Å². The third-order valence-corrected chi connectivity index (χ3v) is 6.67. The number of pyridine rings is 1. The Morgan fingerprint density at radius 1 is 1.20 bits per heavy atom. The van der Waals surface area contributed by atoms with Crippen molar-refractivity contribution >= 4 is 50.8 Å². The lowest BCUT2D eigenvalue weighted by molar-refractivity contribution is 0.0724. The van der Waals surface area contributed by atoms with Crippen molar-refractivity contribution < 1.29 is 4.79 Å². The predicted octanol–water partition coefficient (Wildman–Crippen LogP) is 5.12. The molecule has 1 saturated heterocycles. The maximum Gasteiger partial charge on any atom is 0.255 e. The molecule has 0 radical (unpaired) electrons. The Labute approximate surface area is 159 Å². The summed E-state index contributed by atoms with van der Waals surface area (Å²) in [5.74, 6) is 0.0191. The van der Waals surface area contributed by atoms with Crippen molar-refractivity contribution in [1.82, 2.24) is 14.9 Å². The standard InChI is InChI=1S/C18H16ClN3OS2/c19-13-10-12(17(23)22-8-4-1-5-9-22)11-20-16(13)25-18-21-14-6-2-3-7-15(14)24-18/h2-3,6-7,10-11H,1,4-5,8-9H2. The Kier molecular flexibility index (Phi) is 4.92. The van der Waals surface area contributed by atoms with Crippen LogP contribution < -0.4 is 0 Å². The summed E-state index contributed by atoms with van der Waals surface area (Å²) in [4.78, 5) is 23.4. The van der Waals surface area contributed by atoms with Crippen LogP contribution in [0, 0.1) is 0 Å². The summed E-state index contributed by atoms with van der Waals surface area (Å²) in [6, 6.07) is 9.74. The monoisotopic (exact) mass is 389 g/mol. The van der Waals surface area contributed by atoms with Gasteiger partial charge in [0.1, 0.15) is 5.03 Å². The molecule has 0 saturated carbocycles. The molecule has 0 unspecified atom stereocenters. The fraction of sp³-hybridized carbons (Fsp3) is 0.278. The largest absolute Gasteiger partial charge is 0.339 e. The average Bonchev–Trinajstić information content (AvgIpc) is 3.06. The molecule has 1 aliphatic rings. The van der Waals surface area contributed by atoms with E-state index in [0.29, 0.717) is 15.6 Å². The lowest BCUT2D eigenvalue weighted by Crippen LogP contribution is -2.35. The molecule has 7 heteroatoms. The second-order valence-electron chi connectivity index (χ2n) is 5.91. The van der Waals surface area contributed by atoms with Crippen LogP contribution >= 0.6 is 34.7 Å². The number of piperidine rings is 1. The molecule has 4 nitrogen and oxygen atoms in total. The van der Waals surface area contributed by atoms with Gasteiger partial charge in [-0.3, -0.25) is 4.79 Å². The van der Waals surface area contributed by atoms with Gasteiger partial charge in [-0.1, -0.05) is 23.7 Å². The van der Waals surface area contributed by atoms with Crippen LogP contribution in [0.15, 0.2) is 45.9 Å². The molecule has 3 heterocycles. The number of halogens is 1. The lowest BCUT2D eigenvalue weighted by Gasteiger charge is -2.26. The molecule has 0 bridgehead atoms. The van der Waals surface area contributed by atoms with E-state index in [2.05, 4.69) is 9.97 Å². The normalized spacial score (nSPS) is 14.8. The van der Waals surface area contributed by atoms with E-state index >= 15 is 0 Å². The first-order valence-electron chi connectivity index (χ1n) is 8.19. The van der Waals surface area contributed by atoms with Gasteiger partial charge >= 0.3 is 0 Å². The Bertz CT molecular complexity index is 889. The number of carbonyl (C=O) groups is 1. The molecule has 0 N–H and O–H groups in total. The summed E-state index contributed by atoms with van der Waals surface area (Å²) in [5, 5.41) is 1.17. The molecule has 1 aliphatic heterocycles. The molecule has 4 rings (SSSR count). The second-order valence-corrected chi connectivity index (χ2v) is 8.59. The van der Waals surface area contributed by atoms with Crippen molar-refractivity contribution in [3.63, 3.8) is 0 Å². The Morgan fingerprint density at radius 3 is 2.76 bits per heavy atom. The molecular formula is C18H16ClN3OS2. The Hall–Kier alpha value is -1.63. The maximum atomic E-state index is 12.5. The number of fused-ring (bicyclic) bond motifs is 1. The van der Waals surface area contributed by atoms with Crippen LogP contribution in [-0.2, 0) is 0 Å². The average molecular weight is 390 g/mol. The number of benzene rings is 1. The van der Waals surface area contributed by atoms with Crippen LogP contribution in [0.2, 0.25) is 5.02 Å². The molecule has 1 aromatic carbocycles. The SMILES string of the molecule is O=C(c1cnc(Sc2nc3ccccc3s2)c(Cl)c1)N1CCCCC1. The summed E-state index contributed by atoms with van der Waals surface area (Å²) in [5.41, 5.74) is 1.53. The molecule has 25 heavy (non-hydrogen) atoms. The number of nitrogens with zero attached hydrogens (tertiary/aromatic N) is 3. The highest BCUT2D eigenvalue weighted by Gasteiger charge is 2.20. The van der Waals surface area contributed by atoms with Crippen molar-refractivity contribution in [2.24, 2.45) is 0 Å². The van der Waals surface area contributed by atoms with Gasteiger partial charge in [0, 0.05) is 19.3 Å². The van der Waals surface area contributed by atoms with Crippen molar-refractivity contribution in [3.05, 3.63) is 47.1 Å². The predicted molar refractivity (Wildman–Crippen MR) is 103 cm³/mol. The minimum absolute atomic E-state index is 0.0191. The van der Waals surface area contributed by atoms with Crippen LogP contribution in [0.5, 0.6) is 0 Å². The zero-order valence-corrected chi connectivity index (χ0v) is 15.8. The zero-order chi connectivity index (χ0) is 17.2. The molecule has 128 valence electrons. The summed E-state index contributed by atoms with van der Waals surface area (Å²) in [6.45, 7) is 1.64. The van der Waals surface area contributed by atoms with E-state index in [1.165, 1.54) is 18.2 Å². The molecule has 2 aromatic heterocycles. The first-order chi connectivity index (χ1) is 12.2. The number of hydrogen-bond donors (Lipinski definition) is 0. The van der Waals surface area contributed by atoms with Crippen LogP contribution in [0.25, 0.3) is 10.2 Å². The van der Waals surface area contributed by atoms with Gasteiger partial charge < -0.3 is 4.90 Å². The van der Waals surface area contributed by atoms with Crippen LogP contribution in [0.3, 0.4) is 0 Å². The van der Waals surface area contributed by atoms with Gasteiger partial charge in [-0.05, 0) is 49.2 Å². The minimum atomic E-state index is 0.0191. The maximum absolute atomic E-state index is 12.5. The van der Waals surface area contributed by atoms with Crippen LogP contribution in [0.4, 0.5) is 0 Å². The number of hydrogen-bond acceptors (Lipinski definition) is 5. The van der Waals surface area contributed by atoms with Crippen molar-refractivity contribution in [3.8, 4) is 0 Å². The van der Waals surface area contributed by atoms with Crippen molar-refractivity contribution in [2.75, 3.05) is 13.1 Å². The molecule has 1 amide bonds.